The Kier molecular flexibility index (Phi) is 8.94. The molecule has 1 aromatic heterocycles. The quantitative estimate of drug-likeness (QED) is 0.600. The fraction of sp³-hybridized carbons (Fsp3) is 0.760. The van der Waals surface area contributed by atoms with E-state index in [9.17, 15) is 19.8 Å². The molecule has 8 heteroatoms. The van der Waals surface area contributed by atoms with Crippen molar-refractivity contribution in [1.29, 1.82) is 0 Å². The van der Waals surface area contributed by atoms with Crippen LogP contribution in [0.3, 0.4) is 0 Å². The summed E-state index contributed by atoms with van der Waals surface area (Å²) in [5.74, 6) is 7.89. The lowest BCUT2D eigenvalue weighted by Gasteiger charge is -2.36. The van der Waals surface area contributed by atoms with E-state index in [4.69, 9.17) is 9.47 Å². The molecule has 0 amide bonds. The maximum Gasteiger partial charge on any atom is 0.333 e. The zero-order chi connectivity index (χ0) is 24.1. The molecule has 2 aliphatic rings. The summed E-state index contributed by atoms with van der Waals surface area (Å²) in [6.07, 6.45) is 3.41. The van der Waals surface area contributed by atoms with E-state index < -0.39 is 24.1 Å². The van der Waals surface area contributed by atoms with Crippen LogP contribution in [0.15, 0.2) is 15.8 Å². The van der Waals surface area contributed by atoms with Gasteiger partial charge in [-0.2, -0.15) is 0 Å². The first-order chi connectivity index (χ1) is 15.7. The maximum atomic E-state index is 12.9. The summed E-state index contributed by atoms with van der Waals surface area (Å²) < 4.78 is 14.2. The van der Waals surface area contributed by atoms with Crippen LogP contribution in [0.1, 0.15) is 64.7 Å². The van der Waals surface area contributed by atoms with Gasteiger partial charge in [0.1, 0.15) is 18.9 Å². The number of aliphatic hydroxyl groups excluding tert-OH is 2. The summed E-state index contributed by atoms with van der Waals surface area (Å²) in [5, 5.41) is 19.3. The molecule has 1 aliphatic heterocycles. The number of aliphatic hydroxyl groups is 2. The molecule has 1 saturated carbocycles. The minimum Gasteiger partial charge on any atom is -0.394 e. The zero-order valence-corrected chi connectivity index (χ0v) is 20.2. The highest BCUT2D eigenvalue weighted by atomic mass is 16.5. The standard InChI is InChI=1S/C25H38N2O6/c1-16(2)19-9-8-17(3)12-21(19)32-11-7-5-6-10-26-24(30)18(4)14-27(25(26)31)23-13-20(29)22(15-28)33-23/h14,16-17,19-23,28-29H,6,8-13,15H2,1-4H3/t17-,19+,20+,21-,22-,23-/m1/s1. The molecule has 8 nitrogen and oxygen atoms in total. The Morgan fingerprint density at radius 2 is 2.00 bits per heavy atom. The number of hydrogen-bond donors (Lipinski definition) is 2. The molecule has 0 spiro atoms. The Hall–Kier alpha value is -1.92. The molecule has 6 atom stereocenters. The van der Waals surface area contributed by atoms with Gasteiger partial charge in [-0.1, -0.05) is 39.0 Å². The molecule has 2 N–H and O–H groups in total. The summed E-state index contributed by atoms with van der Waals surface area (Å²) in [7, 11) is 0. The second-order valence-electron chi connectivity index (χ2n) is 9.85. The molecule has 1 aromatic rings. The average molecular weight is 463 g/mol. The van der Waals surface area contributed by atoms with Crippen LogP contribution in [0, 0.1) is 36.5 Å². The normalized spacial score (nSPS) is 29.8. The van der Waals surface area contributed by atoms with Gasteiger partial charge in [0, 0.05) is 31.1 Å². The van der Waals surface area contributed by atoms with Crippen LogP contribution in [0.4, 0.5) is 0 Å². The molecular weight excluding hydrogens is 424 g/mol. The Morgan fingerprint density at radius 1 is 1.24 bits per heavy atom. The molecule has 2 fully saturated rings. The molecule has 184 valence electrons. The van der Waals surface area contributed by atoms with Crippen molar-refractivity contribution in [3.05, 3.63) is 32.6 Å². The van der Waals surface area contributed by atoms with Gasteiger partial charge >= 0.3 is 5.69 Å². The van der Waals surface area contributed by atoms with Crippen LogP contribution >= 0.6 is 0 Å². The zero-order valence-electron chi connectivity index (χ0n) is 20.2. The molecule has 0 radical (unpaired) electrons. The van der Waals surface area contributed by atoms with Gasteiger partial charge in [-0.25, -0.2) is 4.79 Å². The number of hydrogen-bond acceptors (Lipinski definition) is 6. The molecule has 2 heterocycles. The summed E-state index contributed by atoms with van der Waals surface area (Å²) in [5.41, 5.74) is -0.458. The number of nitrogens with zero attached hydrogens (tertiary/aromatic N) is 2. The number of ether oxygens (including phenoxy) is 2. The minimum absolute atomic E-state index is 0.167. The van der Waals surface area contributed by atoms with Crippen molar-refractivity contribution in [1.82, 2.24) is 9.13 Å². The van der Waals surface area contributed by atoms with E-state index in [0.29, 0.717) is 36.3 Å². The van der Waals surface area contributed by atoms with Crippen molar-refractivity contribution >= 4 is 0 Å². The molecule has 0 unspecified atom stereocenters. The first-order valence-corrected chi connectivity index (χ1v) is 12.1. The van der Waals surface area contributed by atoms with E-state index in [-0.39, 0.29) is 31.2 Å². The Labute approximate surface area is 195 Å². The van der Waals surface area contributed by atoms with Gasteiger partial charge < -0.3 is 19.7 Å². The van der Waals surface area contributed by atoms with Gasteiger partial charge in [0.05, 0.1) is 18.8 Å². The van der Waals surface area contributed by atoms with Crippen LogP contribution in [0.2, 0.25) is 0 Å². The van der Waals surface area contributed by atoms with Crippen molar-refractivity contribution in [3.63, 3.8) is 0 Å². The molecule has 0 aromatic carbocycles. The summed E-state index contributed by atoms with van der Waals surface area (Å²) >= 11 is 0. The number of aromatic nitrogens is 2. The van der Waals surface area contributed by atoms with Gasteiger partial charge in [0.25, 0.3) is 5.56 Å². The Balaban J connectivity index is 1.61. The highest BCUT2D eigenvalue weighted by molar-refractivity contribution is 5.05. The van der Waals surface area contributed by atoms with Gasteiger partial charge in [0.2, 0.25) is 0 Å². The molecule has 3 rings (SSSR count). The second kappa shape index (κ2) is 11.5. The fourth-order valence-electron chi connectivity index (χ4n) is 4.97. The first kappa shape index (κ1) is 25.7. The molecule has 33 heavy (non-hydrogen) atoms. The van der Waals surface area contributed by atoms with E-state index in [1.54, 1.807) is 6.92 Å². The van der Waals surface area contributed by atoms with E-state index in [2.05, 4.69) is 32.6 Å². The third-order valence-electron chi connectivity index (χ3n) is 6.98. The topological polar surface area (TPSA) is 103 Å². The monoisotopic (exact) mass is 462 g/mol. The lowest BCUT2D eigenvalue weighted by molar-refractivity contribution is -0.0463. The summed E-state index contributed by atoms with van der Waals surface area (Å²) in [6, 6.07) is 0. The molecule has 0 bridgehead atoms. The van der Waals surface area contributed by atoms with Crippen LogP contribution in [-0.4, -0.2) is 50.9 Å². The van der Waals surface area contributed by atoms with Gasteiger partial charge in [-0.3, -0.25) is 13.9 Å². The predicted octanol–water partition coefficient (Wildman–Crippen LogP) is 1.83. The van der Waals surface area contributed by atoms with E-state index in [1.165, 1.54) is 23.6 Å². The van der Waals surface area contributed by atoms with Crippen molar-refractivity contribution in [2.75, 3.05) is 13.2 Å². The Bertz CT molecular complexity index is 972. The lowest BCUT2D eigenvalue weighted by Crippen LogP contribution is -2.42. The van der Waals surface area contributed by atoms with Crippen LogP contribution in [-0.2, 0) is 16.0 Å². The minimum atomic E-state index is -0.860. The van der Waals surface area contributed by atoms with Crippen molar-refractivity contribution < 1.29 is 19.7 Å². The lowest BCUT2D eigenvalue weighted by atomic mass is 9.75. The summed E-state index contributed by atoms with van der Waals surface area (Å²) in [4.78, 5) is 25.5. The SMILES string of the molecule is Cc1cn([C@H]2C[C@H](O)[C@@H](CO)O2)c(=O)n(CCC#CCO[C@@H]2C[C@H](C)CC[C@H]2C(C)C)c1=O. The molecular formula is C25H38N2O6. The molecule has 1 aliphatic carbocycles. The van der Waals surface area contributed by atoms with E-state index in [0.717, 1.165) is 11.0 Å². The molecule has 1 saturated heterocycles. The third kappa shape index (κ3) is 6.15. The van der Waals surface area contributed by atoms with Crippen molar-refractivity contribution in [3.8, 4) is 11.8 Å². The smallest absolute Gasteiger partial charge is 0.333 e. The second-order valence-corrected chi connectivity index (χ2v) is 9.85. The van der Waals surface area contributed by atoms with E-state index in [1.807, 2.05) is 0 Å². The number of rotatable bonds is 7. The van der Waals surface area contributed by atoms with Gasteiger partial charge in [-0.05, 0) is 37.5 Å². The van der Waals surface area contributed by atoms with Crippen molar-refractivity contribution in [2.24, 2.45) is 17.8 Å². The summed E-state index contributed by atoms with van der Waals surface area (Å²) in [6.45, 7) is 8.59. The highest BCUT2D eigenvalue weighted by Crippen LogP contribution is 2.35. The van der Waals surface area contributed by atoms with Gasteiger partial charge in [0.15, 0.2) is 0 Å². The Morgan fingerprint density at radius 3 is 2.67 bits per heavy atom. The fourth-order valence-corrected chi connectivity index (χ4v) is 4.97. The maximum absolute atomic E-state index is 12.9. The van der Waals surface area contributed by atoms with Crippen molar-refractivity contribution in [2.45, 2.75) is 90.9 Å². The predicted molar refractivity (Wildman–Crippen MR) is 125 cm³/mol. The van der Waals surface area contributed by atoms with E-state index >= 15 is 0 Å². The largest absolute Gasteiger partial charge is 0.394 e. The average Bonchev–Trinajstić information content (AvgIpc) is 3.15. The van der Waals surface area contributed by atoms with Crippen LogP contribution < -0.4 is 11.2 Å². The first-order valence-electron chi connectivity index (χ1n) is 12.1. The number of aryl methyl sites for hydroxylation is 1. The van der Waals surface area contributed by atoms with Crippen LogP contribution in [0.25, 0.3) is 0 Å². The highest BCUT2D eigenvalue weighted by Gasteiger charge is 2.35. The van der Waals surface area contributed by atoms with Gasteiger partial charge in [-0.15, -0.1) is 0 Å². The third-order valence-corrected chi connectivity index (χ3v) is 6.98. The van der Waals surface area contributed by atoms with Crippen LogP contribution in [0.5, 0.6) is 0 Å².